The zero-order chi connectivity index (χ0) is 13.2. The van der Waals surface area contributed by atoms with Gasteiger partial charge in [-0.3, -0.25) is 4.79 Å². The van der Waals surface area contributed by atoms with Gasteiger partial charge in [0.1, 0.15) is 5.60 Å². The van der Waals surface area contributed by atoms with Gasteiger partial charge in [0.25, 0.3) is 0 Å². The van der Waals surface area contributed by atoms with Gasteiger partial charge in [0.2, 0.25) is 5.91 Å². The Kier molecular flexibility index (Phi) is 3.98. The summed E-state index contributed by atoms with van der Waals surface area (Å²) in [5.41, 5.74) is -0.561. The van der Waals surface area contributed by atoms with Crippen molar-refractivity contribution in [3.63, 3.8) is 0 Å². The van der Waals surface area contributed by atoms with E-state index in [1.165, 1.54) is 11.8 Å². The number of rotatable bonds is 1. The maximum absolute atomic E-state index is 11.7. The maximum Gasteiger partial charge on any atom is 0.410 e. The number of carbonyl (C=O) groups is 2. The first kappa shape index (κ1) is 13.8. The van der Waals surface area contributed by atoms with Gasteiger partial charge in [0.05, 0.1) is 18.7 Å². The highest BCUT2D eigenvalue weighted by molar-refractivity contribution is 5.74. The van der Waals surface area contributed by atoms with Crippen LogP contribution in [0.2, 0.25) is 0 Å². The van der Waals surface area contributed by atoms with Gasteiger partial charge in [-0.2, -0.15) is 0 Å². The Labute approximate surface area is 101 Å². The van der Waals surface area contributed by atoms with Gasteiger partial charge < -0.3 is 20.1 Å². The van der Waals surface area contributed by atoms with Crippen LogP contribution in [0.1, 0.15) is 27.7 Å². The second-order valence-electron chi connectivity index (χ2n) is 5.26. The van der Waals surface area contributed by atoms with Crippen LogP contribution in [0.4, 0.5) is 4.79 Å². The first-order chi connectivity index (χ1) is 7.69. The number of amides is 2. The quantitative estimate of drug-likeness (QED) is 0.686. The number of likely N-dealkylation sites (tertiary alicyclic amines) is 1. The summed E-state index contributed by atoms with van der Waals surface area (Å²) in [6, 6.07) is -0.417. The Morgan fingerprint density at radius 1 is 1.35 bits per heavy atom. The van der Waals surface area contributed by atoms with E-state index in [0.29, 0.717) is 0 Å². The molecule has 0 spiro atoms. The van der Waals surface area contributed by atoms with Crippen LogP contribution in [0.5, 0.6) is 0 Å². The number of hydrogen-bond acceptors (Lipinski definition) is 4. The molecule has 98 valence electrons. The van der Waals surface area contributed by atoms with E-state index in [9.17, 15) is 14.7 Å². The van der Waals surface area contributed by atoms with Crippen molar-refractivity contribution in [2.24, 2.45) is 0 Å². The van der Waals surface area contributed by atoms with E-state index < -0.39 is 23.8 Å². The van der Waals surface area contributed by atoms with Crippen molar-refractivity contribution < 1.29 is 19.4 Å². The summed E-state index contributed by atoms with van der Waals surface area (Å²) in [7, 11) is 0. The number of hydrogen-bond donors (Lipinski definition) is 2. The Balaban J connectivity index is 2.53. The molecule has 2 amide bonds. The first-order valence-electron chi connectivity index (χ1n) is 5.62. The summed E-state index contributed by atoms with van der Waals surface area (Å²) in [6.45, 7) is 7.17. The van der Waals surface area contributed by atoms with Gasteiger partial charge in [0, 0.05) is 13.5 Å². The molecule has 1 aliphatic heterocycles. The van der Waals surface area contributed by atoms with E-state index in [4.69, 9.17) is 4.74 Å². The van der Waals surface area contributed by atoms with Crippen LogP contribution in [0.25, 0.3) is 0 Å². The van der Waals surface area contributed by atoms with Gasteiger partial charge in [-0.15, -0.1) is 0 Å². The van der Waals surface area contributed by atoms with E-state index in [-0.39, 0.29) is 19.0 Å². The van der Waals surface area contributed by atoms with Crippen LogP contribution < -0.4 is 5.32 Å². The van der Waals surface area contributed by atoms with Crippen LogP contribution in [-0.2, 0) is 9.53 Å². The van der Waals surface area contributed by atoms with E-state index in [1.54, 1.807) is 20.8 Å². The smallest absolute Gasteiger partial charge is 0.410 e. The SMILES string of the molecule is CC(=O)N[C@H]1CN(C(=O)OC(C)(C)C)C[C@H]1O. The molecule has 0 aromatic carbocycles. The average molecular weight is 244 g/mol. The van der Waals surface area contributed by atoms with Gasteiger partial charge in [-0.05, 0) is 20.8 Å². The van der Waals surface area contributed by atoms with Crippen molar-refractivity contribution in [3.05, 3.63) is 0 Å². The van der Waals surface area contributed by atoms with Crippen LogP contribution in [0, 0.1) is 0 Å². The molecular weight excluding hydrogens is 224 g/mol. The average Bonchev–Trinajstić information content (AvgIpc) is 2.44. The first-order valence-corrected chi connectivity index (χ1v) is 5.62. The molecule has 6 heteroatoms. The van der Waals surface area contributed by atoms with Crippen LogP contribution in [0.3, 0.4) is 0 Å². The summed E-state index contributed by atoms with van der Waals surface area (Å²) >= 11 is 0. The highest BCUT2D eigenvalue weighted by atomic mass is 16.6. The predicted molar refractivity (Wildman–Crippen MR) is 61.4 cm³/mol. The number of carbonyl (C=O) groups excluding carboxylic acids is 2. The van der Waals surface area contributed by atoms with Gasteiger partial charge in [0.15, 0.2) is 0 Å². The lowest BCUT2D eigenvalue weighted by atomic mass is 10.2. The lowest BCUT2D eigenvalue weighted by Gasteiger charge is -2.24. The second-order valence-corrected chi connectivity index (χ2v) is 5.26. The predicted octanol–water partition coefficient (Wildman–Crippen LogP) is 0.103. The molecule has 0 aliphatic carbocycles. The Hall–Kier alpha value is -1.30. The standard InChI is InChI=1S/C11H20N2O4/c1-7(14)12-8-5-13(6-9(8)15)10(16)17-11(2,3)4/h8-9,15H,5-6H2,1-4H3,(H,12,14)/t8-,9+/m0/s1. The topological polar surface area (TPSA) is 78.9 Å². The molecule has 1 aliphatic rings. The number of nitrogens with zero attached hydrogens (tertiary/aromatic N) is 1. The number of aliphatic hydroxyl groups is 1. The zero-order valence-electron chi connectivity index (χ0n) is 10.7. The van der Waals surface area contributed by atoms with Crippen LogP contribution >= 0.6 is 0 Å². The number of β-amino-alcohol motifs (C(OH)–C–C–N with tert-alkyl or cyclic N) is 1. The Bertz CT molecular complexity index is 311. The van der Waals surface area contributed by atoms with Crippen molar-refractivity contribution in [2.45, 2.75) is 45.4 Å². The van der Waals surface area contributed by atoms with Crippen molar-refractivity contribution in [1.29, 1.82) is 0 Å². The van der Waals surface area contributed by atoms with Crippen molar-refractivity contribution in [1.82, 2.24) is 10.2 Å². The van der Waals surface area contributed by atoms with E-state index >= 15 is 0 Å². The molecule has 1 heterocycles. The molecule has 0 unspecified atom stereocenters. The Morgan fingerprint density at radius 2 is 1.94 bits per heavy atom. The lowest BCUT2D eigenvalue weighted by Crippen LogP contribution is -2.42. The monoisotopic (exact) mass is 244 g/mol. The fourth-order valence-electron chi connectivity index (χ4n) is 1.67. The minimum absolute atomic E-state index is 0.180. The molecule has 17 heavy (non-hydrogen) atoms. The fraction of sp³-hybridized carbons (Fsp3) is 0.818. The third-order valence-corrected chi connectivity index (χ3v) is 2.33. The number of aliphatic hydroxyl groups excluding tert-OH is 1. The molecule has 0 aromatic rings. The zero-order valence-corrected chi connectivity index (χ0v) is 10.7. The normalized spacial score (nSPS) is 24.6. The maximum atomic E-state index is 11.7. The molecular formula is C11H20N2O4. The minimum atomic E-state index is -0.744. The van der Waals surface area contributed by atoms with E-state index in [0.717, 1.165) is 0 Å². The summed E-state index contributed by atoms with van der Waals surface area (Å²) in [5.74, 6) is -0.222. The molecule has 1 rings (SSSR count). The largest absolute Gasteiger partial charge is 0.444 e. The van der Waals surface area contributed by atoms with Crippen LogP contribution in [-0.4, -0.2) is 52.8 Å². The Morgan fingerprint density at radius 3 is 2.41 bits per heavy atom. The third kappa shape index (κ3) is 4.22. The minimum Gasteiger partial charge on any atom is -0.444 e. The fourth-order valence-corrected chi connectivity index (χ4v) is 1.67. The van der Waals surface area contributed by atoms with E-state index in [1.807, 2.05) is 0 Å². The molecule has 0 radical (unpaired) electrons. The van der Waals surface area contributed by atoms with Crippen molar-refractivity contribution in [3.8, 4) is 0 Å². The summed E-state index contributed by atoms with van der Waals surface area (Å²) in [6.07, 6.45) is -1.21. The molecule has 0 aromatic heterocycles. The highest BCUT2D eigenvalue weighted by Gasteiger charge is 2.36. The van der Waals surface area contributed by atoms with Gasteiger partial charge in [-0.25, -0.2) is 4.79 Å². The van der Waals surface area contributed by atoms with Crippen molar-refractivity contribution in [2.75, 3.05) is 13.1 Å². The molecule has 2 N–H and O–H groups in total. The number of ether oxygens (including phenoxy) is 1. The van der Waals surface area contributed by atoms with E-state index in [2.05, 4.69) is 5.32 Å². The lowest BCUT2D eigenvalue weighted by molar-refractivity contribution is -0.120. The molecule has 0 bridgehead atoms. The number of nitrogens with one attached hydrogen (secondary N) is 1. The van der Waals surface area contributed by atoms with Crippen molar-refractivity contribution >= 4 is 12.0 Å². The van der Waals surface area contributed by atoms with Gasteiger partial charge in [-0.1, -0.05) is 0 Å². The molecule has 6 nitrogen and oxygen atoms in total. The third-order valence-electron chi connectivity index (χ3n) is 2.33. The summed E-state index contributed by atoms with van der Waals surface area (Å²) in [5, 5.41) is 12.3. The summed E-state index contributed by atoms with van der Waals surface area (Å²) < 4.78 is 5.19. The molecule has 1 saturated heterocycles. The molecule has 1 fully saturated rings. The highest BCUT2D eigenvalue weighted by Crippen LogP contribution is 2.15. The van der Waals surface area contributed by atoms with Crippen LogP contribution in [0.15, 0.2) is 0 Å². The second kappa shape index (κ2) is 4.91. The molecule has 0 saturated carbocycles. The van der Waals surface area contributed by atoms with Gasteiger partial charge >= 0.3 is 6.09 Å². The molecule has 2 atom stereocenters. The summed E-state index contributed by atoms with van der Waals surface area (Å²) in [4.78, 5) is 24.0.